The summed E-state index contributed by atoms with van der Waals surface area (Å²) in [6.45, 7) is 8.25. The molecule has 27 aromatic rings. The van der Waals surface area contributed by atoms with Crippen LogP contribution < -0.4 is 5.46 Å². The molecule has 17 nitrogen and oxygen atoms in total. The Bertz CT molecular complexity index is 8710. The summed E-state index contributed by atoms with van der Waals surface area (Å²) >= 11 is 11.7. The molecule has 0 radical (unpaired) electrons. The second-order valence-corrected chi connectivity index (χ2v) is 41.1. The van der Waals surface area contributed by atoms with Crippen LogP contribution in [-0.4, -0.2) is 86.8 Å². The lowest BCUT2D eigenvalue weighted by Crippen LogP contribution is -2.41. The number of halogens is 2. The summed E-state index contributed by atoms with van der Waals surface area (Å²) in [5, 5.41) is 10.4. The van der Waals surface area contributed by atoms with Crippen LogP contribution >= 0.6 is 65.9 Å². The molecule has 700 valence electrons. The van der Waals surface area contributed by atoms with Crippen LogP contribution in [0.4, 0.5) is 0 Å². The van der Waals surface area contributed by atoms with Gasteiger partial charge >= 0.3 is 7.12 Å². The molecule has 1 fully saturated rings. The van der Waals surface area contributed by atoms with Gasteiger partial charge in [0.15, 0.2) is 5.58 Å². The fourth-order valence-electron chi connectivity index (χ4n) is 18.4. The largest absolute Gasteiger partial charge is 0.496 e. The molecule has 146 heavy (non-hydrogen) atoms. The number of oxazole rings is 1. The molecule has 14 aromatic heterocycles. The summed E-state index contributed by atoms with van der Waals surface area (Å²) < 4.78 is 30.4. The predicted molar refractivity (Wildman–Crippen MR) is 607 cm³/mol. The van der Waals surface area contributed by atoms with E-state index in [1.807, 2.05) is 158 Å². The fourth-order valence-corrected chi connectivity index (χ4v) is 21.7. The summed E-state index contributed by atoms with van der Waals surface area (Å²) in [6.07, 6.45) is 13.0. The number of pyridine rings is 7. The van der Waals surface area contributed by atoms with Gasteiger partial charge < -0.3 is 27.4 Å². The number of aromatic nitrogens is 14. The zero-order valence-corrected chi connectivity index (χ0v) is 84.8. The van der Waals surface area contributed by atoms with Crippen molar-refractivity contribution < 1.29 is 13.7 Å². The molecule has 0 N–H and O–H groups in total. The van der Waals surface area contributed by atoms with Crippen LogP contribution in [0.1, 0.15) is 27.7 Å². The second kappa shape index (κ2) is 39.6. The highest BCUT2D eigenvalue weighted by atomic mass is 79.9. The van der Waals surface area contributed by atoms with E-state index in [-0.39, 0.29) is 11.2 Å². The highest BCUT2D eigenvalue weighted by Crippen LogP contribution is 2.42. The topological polar surface area (TPSA) is 188 Å². The van der Waals surface area contributed by atoms with Gasteiger partial charge in [-0.15, -0.1) is 34.0 Å². The molecule has 1 saturated heterocycles. The maximum atomic E-state index is 6.16. The maximum Gasteiger partial charge on any atom is 0.496 e. The monoisotopic (exact) mass is 2070 g/mol. The minimum absolute atomic E-state index is 0.362. The smallest absolute Gasteiger partial charge is 0.435 e. The van der Waals surface area contributed by atoms with Crippen LogP contribution in [0.3, 0.4) is 0 Å². The van der Waals surface area contributed by atoms with E-state index in [0.717, 1.165) is 153 Å². The van der Waals surface area contributed by atoms with Gasteiger partial charge in [-0.3, -0.25) is 34.9 Å². The number of benzene rings is 13. The van der Waals surface area contributed by atoms with Crippen molar-refractivity contribution in [2.24, 2.45) is 0 Å². The van der Waals surface area contributed by atoms with Crippen molar-refractivity contribution in [3.8, 4) is 117 Å². The molecule has 0 atom stereocenters. The van der Waals surface area contributed by atoms with Gasteiger partial charge in [-0.25, -0.2) is 19.9 Å². The summed E-state index contributed by atoms with van der Waals surface area (Å²) in [5.41, 5.74) is 29.2. The Balaban J connectivity index is 0.000000102. The Labute approximate surface area is 869 Å². The Morgan fingerprint density at radius 1 is 0.240 bits per heavy atom. The molecule has 13 aromatic carbocycles. The lowest BCUT2D eigenvalue weighted by molar-refractivity contribution is 0.00578. The third-order valence-corrected chi connectivity index (χ3v) is 30.7. The molecular formula is C123H85BBr2N14O3S3. The van der Waals surface area contributed by atoms with E-state index in [1.54, 1.807) is 46.4 Å². The standard InChI is InChI=1S/2C35H22N4S.C29H27BN2O2.C12H7BrN2O.C12H7BrN2S/c2*1-4-10-32-27(7-1)28-8-2-5-11-33(28)39(32)26-17-13-23(14-18-26)29-19-15-24(21-36-29)25-16-20-31(37-22-25)35-38-30-9-3-6-12-34(30)40-35;1-28(2)29(3,4)34-30(33-28)21-15-18-25(31-19-21)20-13-16-22(17-14-20)32-26-11-7-5-9-23(26)24-10-6-8-12-27(24)32;2*13-8-5-6-10(14-7-8)12-15-9-3-1-2-4-11(9)16-12/h2*1-22H;5-19H,1-4H3;2*1-7H. The average molecular weight is 2070 g/mol. The highest BCUT2D eigenvalue weighted by molar-refractivity contribution is 9.10. The van der Waals surface area contributed by atoms with Gasteiger partial charge in [0.25, 0.3) is 0 Å². The minimum Gasteiger partial charge on any atom is -0.435 e. The SMILES string of the molecule is Brc1ccc(-c2nc3ccccc3o2)nc1.Brc1ccc(-c2nc3ccccc3s2)nc1.CC1(C)OB(c2ccc(-c3ccc(-n4c5ccccc5c5ccccc54)cc3)nc2)OC1(C)C.c1ccc2sc(-c3ccc(-c4ccc(-c5ccc(-n6c7ccccc7c7ccccc76)cc5)nc4)cn3)nc2c1.c1ccc2sc(-c3ccc(-c4ccc(-c5ccc(-n6c7ccccc7c7ccccc76)cc5)nc4)cn3)nc2c1. The normalized spacial score (nSPS) is 12.6. The van der Waals surface area contributed by atoms with E-state index in [0.29, 0.717) is 5.89 Å². The van der Waals surface area contributed by atoms with E-state index < -0.39 is 7.12 Å². The molecule has 0 spiro atoms. The average Bonchev–Trinajstić information content (AvgIpc) is 1.60. The van der Waals surface area contributed by atoms with Crippen LogP contribution in [0.5, 0.6) is 0 Å². The van der Waals surface area contributed by atoms with Gasteiger partial charge in [-0.05, 0) is 235 Å². The number of thiazole rings is 3. The van der Waals surface area contributed by atoms with Crippen molar-refractivity contribution in [1.29, 1.82) is 0 Å². The van der Waals surface area contributed by atoms with Gasteiger partial charge in [-0.1, -0.05) is 224 Å². The third kappa shape index (κ3) is 18.4. The van der Waals surface area contributed by atoms with Crippen molar-refractivity contribution in [2.45, 2.75) is 38.9 Å². The lowest BCUT2D eigenvalue weighted by Gasteiger charge is -2.32. The Morgan fingerprint density at radius 2 is 0.507 bits per heavy atom. The number of nitrogens with zero attached hydrogens (tertiary/aromatic N) is 14. The quantitative estimate of drug-likeness (QED) is 0.0992. The molecule has 28 rings (SSSR count). The van der Waals surface area contributed by atoms with Crippen LogP contribution in [0.25, 0.3) is 224 Å². The van der Waals surface area contributed by atoms with Gasteiger partial charge in [0, 0.05) is 146 Å². The van der Waals surface area contributed by atoms with Crippen molar-refractivity contribution in [3.05, 3.63) is 453 Å². The van der Waals surface area contributed by atoms with Gasteiger partial charge in [0.05, 0.1) is 109 Å². The lowest BCUT2D eigenvalue weighted by atomic mass is 9.80. The highest BCUT2D eigenvalue weighted by Gasteiger charge is 2.52. The van der Waals surface area contributed by atoms with Crippen LogP contribution in [0.2, 0.25) is 0 Å². The molecule has 0 bridgehead atoms. The zero-order valence-electron chi connectivity index (χ0n) is 79.2. The molecule has 0 unspecified atom stereocenters. The van der Waals surface area contributed by atoms with Crippen molar-refractivity contribution in [2.75, 3.05) is 0 Å². The molecule has 0 aliphatic carbocycles. The third-order valence-electron chi connectivity index (χ3n) is 26.5. The Kier molecular flexibility index (Phi) is 24.9. The summed E-state index contributed by atoms with van der Waals surface area (Å²) in [6, 6.07) is 138. The Hall–Kier alpha value is -16.6. The first-order valence-electron chi connectivity index (χ1n) is 47.7. The van der Waals surface area contributed by atoms with E-state index in [4.69, 9.17) is 48.6 Å². The summed E-state index contributed by atoms with van der Waals surface area (Å²) in [4.78, 5) is 50.6. The predicted octanol–water partition coefficient (Wildman–Crippen LogP) is 32.3. The van der Waals surface area contributed by atoms with Crippen LogP contribution in [-0.2, 0) is 9.31 Å². The first-order valence-corrected chi connectivity index (χ1v) is 51.8. The van der Waals surface area contributed by atoms with E-state index in [9.17, 15) is 0 Å². The van der Waals surface area contributed by atoms with E-state index in [1.165, 1.54) is 79.5 Å². The number of rotatable bonds is 13. The molecule has 1 aliphatic rings. The zero-order chi connectivity index (χ0) is 98.4. The first-order chi connectivity index (χ1) is 71.6. The number of hydrogen-bond donors (Lipinski definition) is 0. The second-order valence-electron chi connectivity index (χ2n) is 36.2. The molecule has 15 heterocycles. The number of para-hydroxylation sites is 11. The Morgan fingerprint density at radius 3 is 0.801 bits per heavy atom. The van der Waals surface area contributed by atoms with Crippen molar-refractivity contribution in [1.82, 2.24) is 68.5 Å². The fraction of sp³-hybridized carbons (Fsp3) is 0.0488. The van der Waals surface area contributed by atoms with Crippen LogP contribution in [0.15, 0.2) is 457 Å². The summed E-state index contributed by atoms with van der Waals surface area (Å²) in [7, 11) is -0.399. The van der Waals surface area contributed by atoms with Gasteiger partial charge in [0.2, 0.25) is 5.89 Å². The van der Waals surface area contributed by atoms with Gasteiger partial charge in [-0.2, -0.15) is 0 Å². The first kappa shape index (κ1) is 91.8. The molecular weight excluding hydrogens is 1990 g/mol. The van der Waals surface area contributed by atoms with E-state index >= 15 is 0 Å². The molecule has 1 aliphatic heterocycles. The van der Waals surface area contributed by atoms with Gasteiger partial charge in [0.1, 0.15) is 26.2 Å². The summed E-state index contributed by atoms with van der Waals surface area (Å²) in [5.74, 6) is 0.550. The molecule has 23 heteroatoms. The minimum atomic E-state index is -0.399. The number of fused-ring (bicyclic) bond motifs is 13. The molecule has 0 amide bonds. The van der Waals surface area contributed by atoms with Crippen LogP contribution in [0, 0.1) is 0 Å². The van der Waals surface area contributed by atoms with Crippen molar-refractivity contribution in [3.63, 3.8) is 0 Å². The maximum absolute atomic E-state index is 6.16. The number of hydrogen-bond acceptors (Lipinski definition) is 17. The van der Waals surface area contributed by atoms with Crippen molar-refractivity contribution >= 4 is 186 Å². The van der Waals surface area contributed by atoms with E-state index in [2.05, 4.69) is 366 Å². The molecule has 0 saturated carbocycles.